The maximum absolute atomic E-state index is 4.57. The van der Waals surface area contributed by atoms with Crippen LogP contribution in [0.15, 0.2) is 18.0 Å². The molecule has 0 fully saturated rings. The van der Waals surface area contributed by atoms with E-state index in [2.05, 4.69) is 37.3 Å². The molecule has 23 heavy (non-hydrogen) atoms. The van der Waals surface area contributed by atoms with Crippen LogP contribution < -0.4 is 5.32 Å². The van der Waals surface area contributed by atoms with Gasteiger partial charge in [-0.1, -0.05) is 0 Å². The summed E-state index contributed by atoms with van der Waals surface area (Å²) >= 11 is 1.71. The lowest BCUT2D eigenvalue weighted by molar-refractivity contribution is 0.770. The van der Waals surface area contributed by atoms with Crippen molar-refractivity contribution in [1.82, 2.24) is 29.7 Å². The average molecular weight is 329 g/mol. The van der Waals surface area contributed by atoms with Crippen LogP contribution in [0.5, 0.6) is 0 Å². The van der Waals surface area contributed by atoms with E-state index in [1.165, 1.54) is 11.2 Å². The Hall–Kier alpha value is -2.35. The van der Waals surface area contributed by atoms with E-state index in [9.17, 15) is 0 Å². The normalized spacial score (nSPS) is 10.9. The second-order valence-electron chi connectivity index (χ2n) is 5.32. The highest BCUT2D eigenvalue weighted by atomic mass is 32.1. The molecule has 0 spiro atoms. The van der Waals surface area contributed by atoms with Gasteiger partial charge in [-0.2, -0.15) is 5.10 Å². The number of aryl methyl sites for hydroxylation is 4. The second kappa shape index (κ2) is 6.82. The molecule has 3 aromatic rings. The maximum atomic E-state index is 4.57. The predicted octanol–water partition coefficient (Wildman–Crippen LogP) is 2.39. The number of anilines is 1. The zero-order valence-corrected chi connectivity index (χ0v) is 14.3. The van der Waals surface area contributed by atoms with Gasteiger partial charge in [0.25, 0.3) is 0 Å². The number of hydrogen-bond donors (Lipinski definition) is 1. The van der Waals surface area contributed by atoms with Crippen molar-refractivity contribution in [3.8, 4) is 11.5 Å². The highest BCUT2D eigenvalue weighted by Gasteiger charge is 2.11. The number of nitrogens with one attached hydrogen (secondary N) is 1. The summed E-state index contributed by atoms with van der Waals surface area (Å²) < 4.78 is 1.71. The Morgan fingerprint density at radius 3 is 2.78 bits per heavy atom. The SMILES string of the molecule is Cc1cnc(NCCCc2scnc2C)nc1-c1ncnn1C. The maximum Gasteiger partial charge on any atom is 0.223 e. The van der Waals surface area contributed by atoms with Crippen molar-refractivity contribution in [3.05, 3.63) is 34.2 Å². The summed E-state index contributed by atoms with van der Waals surface area (Å²) in [4.78, 5) is 18.8. The van der Waals surface area contributed by atoms with Crippen LogP contribution in [-0.4, -0.2) is 36.3 Å². The minimum absolute atomic E-state index is 0.620. The van der Waals surface area contributed by atoms with Gasteiger partial charge in [-0.05, 0) is 32.3 Å². The summed E-state index contributed by atoms with van der Waals surface area (Å²) in [6.07, 6.45) is 5.37. The fraction of sp³-hybridized carbons (Fsp3) is 0.400. The minimum atomic E-state index is 0.620. The highest BCUT2D eigenvalue weighted by Crippen LogP contribution is 2.19. The molecule has 120 valence electrons. The Labute approximate surface area is 138 Å². The van der Waals surface area contributed by atoms with Gasteiger partial charge in [0.05, 0.1) is 11.2 Å². The molecule has 7 nitrogen and oxygen atoms in total. The third-order valence-corrected chi connectivity index (χ3v) is 4.60. The average Bonchev–Trinajstić information content (AvgIpc) is 3.14. The molecule has 0 saturated carbocycles. The van der Waals surface area contributed by atoms with Crippen molar-refractivity contribution in [1.29, 1.82) is 0 Å². The lowest BCUT2D eigenvalue weighted by atomic mass is 10.2. The molecule has 0 atom stereocenters. The van der Waals surface area contributed by atoms with E-state index in [0.29, 0.717) is 5.95 Å². The Bertz CT molecular complexity index is 793. The molecule has 0 unspecified atom stereocenters. The molecule has 0 aliphatic carbocycles. The molecule has 1 N–H and O–H groups in total. The zero-order valence-electron chi connectivity index (χ0n) is 13.4. The van der Waals surface area contributed by atoms with Crippen LogP contribution >= 0.6 is 11.3 Å². The van der Waals surface area contributed by atoms with Crippen molar-refractivity contribution >= 4 is 17.3 Å². The minimum Gasteiger partial charge on any atom is -0.354 e. The highest BCUT2D eigenvalue weighted by molar-refractivity contribution is 7.09. The van der Waals surface area contributed by atoms with Gasteiger partial charge in [0.2, 0.25) is 5.95 Å². The summed E-state index contributed by atoms with van der Waals surface area (Å²) in [7, 11) is 1.86. The predicted molar refractivity (Wildman–Crippen MR) is 90.4 cm³/mol. The van der Waals surface area contributed by atoms with Gasteiger partial charge < -0.3 is 5.32 Å². The molecule has 3 aromatic heterocycles. The first-order valence-corrected chi connectivity index (χ1v) is 8.34. The van der Waals surface area contributed by atoms with Gasteiger partial charge in [0.15, 0.2) is 5.82 Å². The summed E-state index contributed by atoms with van der Waals surface area (Å²) in [5.41, 5.74) is 4.81. The van der Waals surface area contributed by atoms with E-state index in [0.717, 1.165) is 42.2 Å². The van der Waals surface area contributed by atoms with Crippen LogP contribution in [0.2, 0.25) is 0 Å². The van der Waals surface area contributed by atoms with Crippen molar-refractivity contribution in [2.75, 3.05) is 11.9 Å². The lowest BCUT2D eigenvalue weighted by Gasteiger charge is -2.08. The lowest BCUT2D eigenvalue weighted by Crippen LogP contribution is -2.08. The molecule has 0 saturated heterocycles. The molecule has 0 aliphatic rings. The fourth-order valence-electron chi connectivity index (χ4n) is 2.28. The topological polar surface area (TPSA) is 81.4 Å². The molecular weight excluding hydrogens is 310 g/mol. The van der Waals surface area contributed by atoms with Crippen molar-refractivity contribution in [3.63, 3.8) is 0 Å². The molecule has 0 amide bonds. The van der Waals surface area contributed by atoms with Crippen LogP contribution in [0.1, 0.15) is 22.6 Å². The largest absolute Gasteiger partial charge is 0.354 e. The number of thiazole rings is 1. The monoisotopic (exact) mass is 329 g/mol. The van der Waals surface area contributed by atoms with Gasteiger partial charge in [-0.25, -0.2) is 24.6 Å². The number of rotatable bonds is 6. The van der Waals surface area contributed by atoms with Crippen LogP contribution in [0.25, 0.3) is 11.5 Å². The van der Waals surface area contributed by atoms with E-state index < -0.39 is 0 Å². The zero-order chi connectivity index (χ0) is 16.2. The van der Waals surface area contributed by atoms with E-state index in [1.807, 2.05) is 25.7 Å². The molecule has 0 radical (unpaired) electrons. The van der Waals surface area contributed by atoms with Crippen molar-refractivity contribution < 1.29 is 0 Å². The number of nitrogens with zero attached hydrogens (tertiary/aromatic N) is 6. The summed E-state index contributed by atoms with van der Waals surface area (Å²) in [6, 6.07) is 0. The first kappa shape index (κ1) is 15.5. The number of hydrogen-bond acceptors (Lipinski definition) is 7. The van der Waals surface area contributed by atoms with Crippen molar-refractivity contribution in [2.45, 2.75) is 26.7 Å². The molecule has 8 heteroatoms. The molecule has 3 heterocycles. The quantitative estimate of drug-likeness (QED) is 0.699. The molecular formula is C15H19N7S. The Morgan fingerprint density at radius 2 is 2.09 bits per heavy atom. The van der Waals surface area contributed by atoms with Gasteiger partial charge in [-0.3, -0.25) is 0 Å². The van der Waals surface area contributed by atoms with Crippen LogP contribution in [-0.2, 0) is 13.5 Å². The summed E-state index contributed by atoms with van der Waals surface area (Å²) in [5.74, 6) is 1.36. The van der Waals surface area contributed by atoms with Crippen LogP contribution in [0, 0.1) is 13.8 Å². The second-order valence-corrected chi connectivity index (χ2v) is 6.26. The standard InChI is InChI=1S/C15H19N7S/c1-10-7-17-15(21-13(10)14-18-8-20-22(14)3)16-6-4-5-12-11(2)19-9-23-12/h7-9H,4-6H2,1-3H3,(H,16,17,21). The first-order chi connectivity index (χ1) is 11.1. The molecule has 0 aliphatic heterocycles. The Balaban J connectivity index is 1.63. The van der Waals surface area contributed by atoms with Gasteiger partial charge in [0, 0.05) is 24.7 Å². The molecule has 0 aromatic carbocycles. The molecule has 3 rings (SSSR count). The first-order valence-electron chi connectivity index (χ1n) is 7.46. The Morgan fingerprint density at radius 1 is 1.22 bits per heavy atom. The third-order valence-electron chi connectivity index (χ3n) is 3.60. The Kier molecular flexibility index (Phi) is 4.61. The molecule has 0 bridgehead atoms. The summed E-state index contributed by atoms with van der Waals surface area (Å²) in [5, 5.41) is 7.38. The van der Waals surface area contributed by atoms with Crippen LogP contribution in [0.3, 0.4) is 0 Å². The van der Waals surface area contributed by atoms with Crippen LogP contribution in [0.4, 0.5) is 5.95 Å². The van der Waals surface area contributed by atoms with Gasteiger partial charge in [0.1, 0.15) is 12.0 Å². The van der Waals surface area contributed by atoms with Gasteiger partial charge in [-0.15, -0.1) is 11.3 Å². The smallest absolute Gasteiger partial charge is 0.223 e. The van der Waals surface area contributed by atoms with Gasteiger partial charge >= 0.3 is 0 Å². The fourth-order valence-corrected chi connectivity index (χ4v) is 3.10. The van der Waals surface area contributed by atoms with E-state index >= 15 is 0 Å². The van der Waals surface area contributed by atoms with E-state index in [-0.39, 0.29) is 0 Å². The van der Waals surface area contributed by atoms with E-state index in [4.69, 9.17) is 0 Å². The number of aromatic nitrogens is 6. The third kappa shape index (κ3) is 3.53. The van der Waals surface area contributed by atoms with Crippen molar-refractivity contribution in [2.24, 2.45) is 7.05 Å². The van der Waals surface area contributed by atoms with E-state index in [1.54, 1.807) is 16.0 Å². The summed E-state index contributed by atoms with van der Waals surface area (Å²) in [6.45, 7) is 4.84.